The van der Waals surface area contributed by atoms with Gasteiger partial charge in [0.1, 0.15) is 5.69 Å². The van der Waals surface area contributed by atoms with Crippen molar-refractivity contribution >= 4 is 34.1 Å². The summed E-state index contributed by atoms with van der Waals surface area (Å²) >= 11 is 0. The summed E-state index contributed by atoms with van der Waals surface area (Å²) in [7, 11) is 0. The molecule has 3 rings (SSSR count). The highest BCUT2D eigenvalue weighted by molar-refractivity contribution is 6.11. The summed E-state index contributed by atoms with van der Waals surface area (Å²) < 4.78 is 0. The molecular formula is C19H18N4O2. The van der Waals surface area contributed by atoms with E-state index in [1.807, 2.05) is 37.3 Å². The van der Waals surface area contributed by atoms with Gasteiger partial charge in [0, 0.05) is 29.5 Å². The van der Waals surface area contributed by atoms with E-state index in [0.717, 1.165) is 10.8 Å². The molecule has 0 saturated heterocycles. The Morgan fingerprint density at radius 2 is 1.72 bits per heavy atom. The molecule has 1 aromatic heterocycles. The first kappa shape index (κ1) is 16.4. The van der Waals surface area contributed by atoms with Crippen LogP contribution in [0.25, 0.3) is 10.8 Å². The van der Waals surface area contributed by atoms with Crippen molar-refractivity contribution < 1.29 is 9.59 Å². The second kappa shape index (κ2) is 7.44. The van der Waals surface area contributed by atoms with Gasteiger partial charge in [-0.2, -0.15) is 0 Å². The van der Waals surface area contributed by atoms with Gasteiger partial charge in [-0.15, -0.1) is 0 Å². The third-order valence-corrected chi connectivity index (χ3v) is 3.60. The molecule has 126 valence electrons. The first-order valence-electron chi connectivity index (χ1n) is 7.97. The van der Waals surface area contributed by atoms with Gasteiger partial charge in [-0.25, -0.2) is 4.79 Å². The van der Waals surface area contributed by atoms with E-state index in [-0.39, 0.29) is 11.9 Å². The fourth-order valence-electron chi connectivity index (χ4n) is 2.50. The fourth-order valence-corrected chi connectivity index (χ4v) is 2.50. The van der Waals surface area contributed by atoms with Crippen LogP contribution in [0, 0.1) is 0 Å². The summed E-state index contributed by atoms with van der Waals surface area (Å²) in [6, 6.07) is 16.1. The summed E-state index contributed by atoms with van der Waals surface area (Å²) in [5.74, 6) is -0.299. The summed E-state index contributed by atoms with van der Waals surface area (Å²) in [6.07, 6.45) is 1.62. The van der Waals surface area contributed by atoms with Gasteiger partial charge in [-0.1, -0.05) is 30.3 Å². The average molecular weight is 334 g/mol. The number of benzene rings is 2. The molecule has 0 fully saturated rings. The highest BCUT2D eigenvalue weighted by atomic mass is 16.2. The lowest BCUT2D eigenvalue weighted by molar-refractivity contribution is 0.102. The number of anilines is 2. The van der Waals surface area contributed by atoms with Crippen LogP contribution in [0.5, 0.6) is 0 Å². The van der Waals surface area contributed by atoms with Crippen molar-refractivity contribution in [3.8, 4) is 0 Å². The average Bonchev–Trinajstić information content (AvgIpc) is 2.61. The van der Waals surface area contributed by atoms with Crippen molar-refractivity contribution in [3.05, 3.63) is 66.5 Å². The zero-order valence-corrected chi connectivity index (χ0v) is 13.7. The van der Waals surface area contributed by atoms with Crippen LogP contribution in [-0.4, -0.2) is 23.5 Å². The second-order valence-corrected chi connectivity index (χ2v) is 5.40. The Morgan fingerprint density at radius 3 is 2.52 bits per heavy atom. The number of pyridine rings is 1. The number of nitrogens with zero attached hydrogens (tertiary/aromatic N) is 1. The van der Waals surface area contributed by atoms with Gasteiger partial charge in [0.05, 0.1) is 0 Å². The van der Waals surface area contributed by atoms with Crippen molar-refractivity contribution in [3.63, 3.8) is 0 Å². The highest BCUT2D eigenvalue weighted by Crippen LogP contribution is 2.19. The minimum Gasteiger partial charge on any atom is -0.338 e. The monoisotopic (exact) mass is 334 g/mol. The Hall–Kier alpha value is -3.41. The lowest BCUT2D eigenvalue weighted by Gasteiger charge is -2.10. The van der Waals surface area contributed by atoms with Crippen LogP contribution in [-0.2, 0) is 0 Å². The lowest BCUT2D eigenvalue weighted by Crippen LogP contribution is -2.28. The molecule has 0 saturated carbocycles. The SMILES string of the molecule is CCNC(=O)Nc1cccc(NC(=O)c2nccc3ccccc23)c1. The Bertz CT molecular complexity index is 919. The van der Waals surface area contributed by atoms with E-state index in [1.165, 1.54) is 0 Å². The minimum absolute atomic E-state index is 0.290. The molecule has 0 radical (unpaired) electrons. The van der Waals surface area contributed by atoms with Crippen LogP contribution in [0.2, 0.25) is 0 Å². The fraction of sp³-hybridized carbons (Fsp3) is 0.105. The van der Waals surface area contributed by atoms with Crippen LogP contribution < -0.4 is 16.0 Å². The minimum atomic E-state index is -0.299. The molecule has 1 heterocycles. The van der Waals surface area contributed by atoms with Gasteiger partial charge in [0.15, 0.2) is 0 Å². The van der Waals surface area contributed by atoms with Crippen molar-refractivity contribution in [1.82, 2.24) is 10.3 Å². The predicted octanol–water partition coefficient (Wildman–Crippen LogP) is 3.63. The summed E-state index contributed by atoms with van der Waals surface area (Å²) in [6.45, 7) is 2.38. The molecule has 0 aliphatic carbocycles. The Balaban J connectivity index is 1.80. The molecule has 0 spiro atoms. The lowest BCUT2D eigenvalue weighted by atomic mass is 10.1. The van der Waals surface area contributed by atoms with E-state index in [1.54, 1.807) is 30.5 Å². The Morgan fingerprint density at radius 1 is 0.960 bits per heavy atom. The van der Waals surface area contributed by atoms with E-state index < -0.39 is 0 Å². The number of urea groups is 1. The smallest absolute Gasteiger partial charge is 0.319 e. The topological polar surface area (TPSA) is 83.1 Å². The molecule has 25 heavy (non-hydrogen) atoms. The van der Waals surface area contributed by atoms with Crippen LogP contribution in [0.3, 0.4) is 0 Å². The number of fused-ring (bicyclic) bond motifs is 1. The molecule has 0 aliphatic rings. The number of nitrogens with one attached hydrogen (secondary N) is 3. The van der Waals surface area contributed by atoms with Crippen LogP contribution in [0.1, 0.15) is 17.4 Å². The molecular weight excluding hydrogens is 316 g/mol. The Kier molecular flexibility index (Phi) is 4.89. The van der Waals surface area contributed by atoms with Crippen LogP contribution in [0.15, 0.2) is 60.8 Å². The normalized spacial score (nSPS) is 10.3. The zero-order chi connectivity index (χ0) is 17.6. The Labute approximate surface area is 145 Å². The quantitative estimate of drug-likeness (QED) is 0.681. The van der Waals surface area contributed by atoms with E-state index in [9.17, 15) is 9.59 Å². The van der Waals surface area contributed by atoms with E-state index in [2.05, 4.69) is 20.9 Å². The highest BCUT2D eigenvalue weighted by Gasteiger charge is 2.12. The third-order valence-electron chi connectivity index (χ3n) is 3.60. The molecule has 3 N–H and O–H groups in total. The van der Waals surface area contributed by atoms with Crippen LogP contribution in [0.4, 0.5) is 16.2 Å². The number of hydrogen-bond acceptors (Lipinski definition) is 3. The summed E-state index contributed by atoms with van der Waals surface area (Å²) in [5.41, 5.74) is 1.53. The first-order valence-corrected chi connectivity index (χ1v) is 7.97. The molecule has 6 nitrogen and oxygen atoms in total. The standard InChI is InChI=1S/C19H18N4O2/c1-2-20-19(25)23-15-8-5-7-14(12-15)22-18(24)17-16-9-4-3-6-13(16)10-11-21-17/h3-12H,2H2,1H3,(H,22,24)(H2,20,23,25). The number of rotatable bonds is 4. The molecule has 0 unspecified atom stereocenters. The van der Waals surface area contributed by atoms with Gasteiger partial charge >= 0.3 is 6.03 Å². The van der Waals surface area contributed by atoms with E-state index in [0.29, 0.717) is 23.6 Å². The van der Waals surface area contributed by atoms with Crippen molar-refractivity contribution in [2.45, 2.75) is 6.92 Å². The van der Waals surface area contributed by atoms with Gasteiger partial charge in [0.25, 0.3) is 5.91 Å². The second-order valence-electron chi connectivity index (χ2n) is 5.40. The van der Waals surface area contributed by atoms with E-state index >= 15 is 0 Å². The number of amides is 3. The summed E-state index contributed by atoms with van der Waals surface area (Å²) in [4.78, 5) is 28.4. The largest absolute Gasteiger partial charge is 0.338 e. The predicted molar refractivity (Wildman–Crippen MR) is 98.8 cm³/mol. The molecule has 0 aliphatic heterocycles. The number of carbonyl (C=O) groups is 2. The van der Waals surface area contributed by atoms with Gasteiger partial charge in [0.2, 0.25) is 0 Å². The number of hydrogen-bond donors (Lipinski definition) is 3. The molecule has 3 amide bonds. The van der Waals surface area contributed by atoms with Gasteiger partial charge in [-0.05, 0) is 36.6 Å². The van der Waals surface area contributed by atoms with Gasteiger partial charge in [-0.3, -0.25) is 9.78 Å². The summed E-state index contributed by atoms with van der Waals surface area (Å²) in [5, 5.41) is 9.93. The maximum absolute atomic E-state index is 12.6. The maximum Gasteiger partial charge on any atom is 0.319 e. The maximum atomic E-state index is 12.6. The molecule has 0 atom stereocenters. The number of aromatic nitrogens is 1. The first-order chi connectivity index (χ1) is 12.2. The molecule has 6 heteroatoms. The molecule has 3 aromatic rings. The zero-order valence-electron chi connectivity index (χ0n) is 13.7. The van der Waals surface area contributed by atoms with Gasteiger partial charge < -0.3 is 16.0 Å². The van der Waals surface area contributed by atoms with Crippen molar-refractivity contribution in [2.24, 2.45) is 0 Å². The molecule has 2 aromatic carbocycles. The third kappa shape index (κ3) is 3.92. The van der Waals surface area contributed by atoms with Crippen molar-refractivity contribution in [2.75, 3.05) is 17.2 Å². The van der Waals surface area contributed by atoms with Crippen molar-refractivity contribution in [1.29, 1.82) is 0 Å². The van der Waals surface area contributed by atoms with E-state index in [4.69, 9.17) is 0 Å². The van der Waals surface area contributed by atoms with Crippen LogP contribution >= 0.6 is 0 Å². The number of carbonyl (C=O) groups excluding carboxylic acids is 2. The molecule has 0 bridgehead atoms.